The summed E-state index contributed by atoms with van der Waals surface area (Å²) in [6.07, 6.45) is 4.13. The lowest BCUT2D eigenvalue weighted by atomic mass is 9.95. The highest BCUT2D eigenvalue weighted by Crippen LogP contribution is 2.38. The minimum absolute atomic E-state index is 0.0253. The quantitative estimate of drug-likeness (QED) is 0.654. The summed E-state index contributed by atoms with van der Waals surface area (Å²) in [5.41, 5.74) is 0.844. The Morgan fingerprint density at radius 2 is 1.93 bits per heavy atom. The first-order chi connectivity index (χ1) is 13.3. The molecule has 28 heavy (non-hydrogen) atoms. The Morgan fingerprint density at radius 1 is 1.25 bits per heavy atom. The summed E-state index contributed by atoms with van der Waals surface area (Å²) in [6, 6.07) is 4.05. The molecule has 3 rings (SSSR count). The van der Waals surface area contributed by atoms with Crippen LogP contribution >= 0.6 is 22.9 Å². The normalized spacial score (nSPS) is 21.1. The van der Waals surface area contributed by atoms with Gasteiger partial charge in [0, 0.05) is 18.9 Å². The van der Waals surface area contributed by atoms with Crippen LogP contribution in [0.1, 0.15) is 64.3 Å². The number of nitrogens with one attached hydrogen (secondary N) is 1. The van der Waals surface area contributed by atoms with E-state index in [1.165, 1.54) is 6.92 Å². The van der Waals surface area contributed by atoms with E-state index in [9.17, 15) is 4.79 Å². The lowest BCUT2D eigenvalue weighted by molar-refractivity contribution is -0.120. The summed E-state index contributed by atoms with van der Waals surface area (Å²) < 4.78 is 13.3. The number of ether oxygens (including phenoxy) is 2. The van der Waals surface area contributed by atoms with Gasteiger partial charge in [-0.1, -0.05) is 25.4 Å². The van der Waals surface area contributed by atoms with E-state index >= 15 is 0 Å². The van der Waals surface area contributed by atoms with E-state index in [1.807, 2.05) is 13.0 Å². The average molecular weight is 425 g/mol. The standard InChI is InChI=1S/C21H29ClN2O3S/c1-12(2)21-24-20-18(28-21)10-9-17(19(20)22)27-16-7-5-15(6-8-16)26-11-13(3)23-14(4)25/h9-10,12-13,15-16H,5-8,11H2,1-4H3,(H,23,25)/t13-,15-,16-/m0/s1. The van der Waals surface area contributed by atoms with Crippen LogP contribution in [0.25, 0.3) is 10.2 Å². The second-order valence-corrected chi connectivity index (χ2v) is 9.32. The first kappa shape index (κ1) is 21.3. The van der Waals surface area contributed by atoms with Crippen molar-refractivity contribution in [2.45, 2.75) is 77.5 Å². The van der Waals surface area contributed by atoms with Crippen LogP contribution in [0.15, 0.2) is 12.1 Å². The number of nitrogens with zero attached hydrogens (tertiary/aromatic N) is 1. The SMILES string of the molecule is CC(=O)N[C@@H](C)CO[C@H]1CC[C@H](Oc2ccc3sc(C(C)C)nc3c2Cl)CC1. The second kappa shape index (κ2) is 9.42. The highest BCUT2D eigenvalue weighted by molar-refractivity contribution is 7.18. The van der Waals surface area contributed by atoms with Crippen molar-refractivity contribution in [3.8, 4) is 5.75 Å². The van der Waals surface area contributed by atoms with Crippen LogP contribution in [0.2, 0.25) is 5.02 Å². The predicted molar refractivity (Wildman–Crippen MR) is 115 cm³/mol. The van der Waals surface area contributed by atoms with Crippen molar-refractivity contribution in [1.82, 2.24) is 10.3 Å². The molecular weight excluding hydrogens is 396 g/mol. The third-order valence-electron chi connectivity index (χ3n) is 4.92. The molecule has 0 unspecified atom stereocenters. The Kier molecular flexibility index (Phi) is 7.18. The molecule has 5 nitrogen and oxygen atoms in total. The van der Waals surface area contributed by atoms with E-state index < -0.39 is 0 Å². The van der Waals surface area contributed by atoms with Crippen molar-refractivity contribution in [3.05, 3.63) is 22.2 Å². The Labute approximate surface area is 175 Å². The summed E-state index contributed by atoms with van der Waals surface area (Å²) in [5.74, 6) is 1.09. The van der Waals surface area contributed by atoms with E-state index in [0.29, 0.717) is 17.5 Å². The lowest BCUT2D eigenvalue weighted by Gasteiger charge is -2.30. The van der Waals surface area contributed by atoms with Gasteiger partial charge in [-0.25, -0.2) is 4.98 Å². The molecule has 7 heteroatoms. The van der Waals surface area contributed by atoms with Crippen LogP contribution in [0.5, 0.6) is 5.75 Å². The first-order valence-electron chi connectivity index (χ1n) is 9.97. The largest absolute Gasteiger partial charge is 0.489 e. The Bertz CT molecular complexity index is 815. The number of carbonyl (C=O) groups is 1. The van der Waals surface area contributed by atoms with E-state index in [2.05, 4.69) is 25.2 Å². The average Bonchev–Trinajstić information content (AvgIpc) is 3.08. The molecule has 154 valence electrons. The maximum atomic E-state index is 11.1. The number of rotatable bonds is 7. The van der Waals surface area contributed by atoms with Crippen LogP contribution in [-0.2, 0) is 9.53 Å². The van der Waals surface area contributed by atoms with Crippen LogP contribution in [0.3, 0.4) is 0 Å². The molecule has 2 aromatic rings. The monoisotopic (exact) mass is 424 g/mol. The molecular formula is C21H29ClN2O3S. The van der Waals surface area contributed by atoms with Crippen LogP contribution in [0, 0.1) is 0 Å². The van der Waals surface area contributed by atoms with Gasteiger partial charge in [0.2, 0.25) is 5.91 Å². The van der Waals surface area contributed by atoms with Gasteiger partial charge in [-0.15, -0.1) is 11.3 Å². The van der Waals surface area contributed by atoms with Crippen molar-refractivity contribution in [1.29, 1.82) is 0 Å². The van der Waals surface area contributed by atoms with Gasteiger partial charge >= 0.3 is 0 Å². The molecule has 1 aromatic carbocycles. The first-order valence-corrected chi connectivity index (χ1v) is 11.2. The number of hydrogen-bond acceptors (Lipinski definition) is 5. The zero-order chi connectivity index (χ0) is 20.3. The fourth-order valence-electron chi connectivity index (χ4n) is 3.46. The Hall–Kier alpha value is -1.37. The van der Waals surface area contributed by atoms with E-state index in [-0.39, 0.29) is 24.2 Å². The van der Waals surface area contributed by atoms with Gasteiger partial charge in [-0.05, 0) is 44.7 Å². The van der Waals surface area contributed by atoms with Crippen LogP contribution in [-0.4, -0.2) is 35.7 Å². The summed E-state index contributed by atoms with van der Waals surface area (Å²) >= 11 is 8.29. The van der Waals surface area contributed by atoms with Gasteiger partial charge in [-0.3, -0.25) is 4.79 Å². The van der Waals surface area contributed by atoms with Crippen LogP contribution in [0.4, 0.5) is 0 Å². The number of aromatic nitrogens is 1. The van der Waals surface area contributed by atoms with Crippen molar-refractivity contribution in [3.63, 3.8) is 0 Å². The maximum Gasteiger partial charge on any atom is 0.217 e. The number of thiazole rings is 1. The maximum absolute atomic E-state index is 11.1. The van der Waals surface area contributed by atoms with Gasteiger partial charge in [0.05, 0.1) is 28.5 Å². The molecule has 0 bridgehead atoms. The van der Waals surface area contributed by atoms with Crippen molar-refractivity contribution >= 4 is 39.1 Å². The molecule has 1 aliphatic rings. The van der Waals surface area contributed by atoms with E-state index in [1.54, 1.807) is 11.3 Å². The molecule has 0 aliphatic heterocycles. The molecule has 1 atom stereocenters. The molecule has 1 fully saturated rings. The number of fused-ring (bicyclic) bond motifs is 1. The Balaban J connectivity index is 1.53. The summed E-state index contributed by atoms with van der Waals surface area (Å²) in [5, 5.41) is 4.56. The molecule has 1 aromatic heterocycles. The van der Waals surface area contributed by atoms with Gasteiger partial charge in [0.1, 0.15) is 16.3 Å². The van der Waals surface area contributed by atoms with Gasteiger partial charge in [-0.2, -0.15) is 0 Å². The number of amides is 1. The van der Waals surface area contributed by atoms with Gasteiger partial charge in [0.15, 0.2) is 0 Å². The molecule has 1 aliphatic carbocycles. The molecule has 0 radical (unpaired) electrons. The molecule has 0 saturated heterocycles. The minimum Gasteiger partial charge on any atom is -0.489 e. The van der Waals surface area contributed by atoms with Crippen molar-refractivity contribution in [2.24, 2.45) is 0 Å². The summed E-state index contributed by atoms with van der Waals surface area (Å²) in [6.45, 7) is 8.30. The van der Waals surface area contributed by atoms with E-state index in [0.717, 1.165) is 46.7 Å². The third-order valence-corrected chi connectivity index (χ3v) is 6.61. The van der Waals surface area contributed by atoms with Crippen LogP contribution < -0.4 is 10.1 Å². The number of hydrogen-bond donors (Lipinski definition) is 1. The van der Waals surface area contributed by atoms with Crippen molar-refractivity contribution < 1.29 is 14.3 Å². The zero-order valence-corrected chi connectivity index (χ0v) is 18.5. The molecule has 1 heterocycles. The molecule has 1 N–H and O–H groups in total. The zero-order valence-electron chi connectivity index (χ0n) is 17.0. The molecule has 1 saturated carbocycles. The minimum atomic E-state index is -0.0253. The predicted octanol–water partition coefficient (Wildman–Crippen LogP) is 5.30. The van der Waals surface area contributed by atoms with E-state index in [4.69, 9.17) is 26.1 Å². The third kappa shape index (κ3) is 5.37. The van der Waals surface area contributed by atoms with Gasteiger partial charge < -0.3 is 14.8 Å². The smallest absolute Gasteiger partial charge is 0.217 e. The fourth-order valence-corrected chi connectivity index (χ4v) is 4.75. The summed E-state index contributed by atoms with van der Waals surface area (Å²) in [4.78, 5) is 15.8. The highest BCUT2D eigenvalue weighted by atomic mass is 35.5. The molecule has 1 amide bonds. The lowest BCUT2D eigenvalue weighted by Crippen LogP contribution is -2.36. The number of halogens is 1. The Morgan fingerprint density at radius 3 is 2.57 bits per heavy atom. The fraction of sp³-hybridized carbons (Fsp3) is 0.619. The number of benzene rings is 1. The highest BCUT2D eigenvalue weighted by Gasteiger charge is 2.25. The summed E-state index contributed by atoms with van der Waals surface area (Å²) in [7, 11) is 0. The topological polar surface area (TPSA) is 60.5 Å². The second-order valence-electron chi connectivity index (χ2n) is 7.88. The van der Waals surface area contributed by atoms with Gasteiger partial charge in [0.25, 0.3) is 0 Å². The van der Waals surface area contributed by atoms with Crippen molar-refractivity contribution in [2.75, 3.05) is 6.61 Å². The molecule has 0 spiro atoms. The number of carbonyl (C=O) groups excluding carboxylic acids is 1.